The first-order valence-electron chi connectivity index (χ1n) is 6.80. The first-order valence-corrected chi connectivity index (χ1v) is 7.60. The van der Waals surface area contributed by atoms with E-state index in [1.165, 1.54) is 6.07 Å². The fraction of sp³-hybridized carbons (Fsp3) is 0.571. The zero-order chi connectivity index (χ0) is 15.5. The van der Waals surface area contributed by atoms with Crippen molar-refractivity contribution in [3.8, 4) is 0 Å². The summed E-state index contributed by atoms with van der Waals surface area (Å²) in [4.78, 5) is 0. The number of hydrogen-bond acceptors (Lipinski definition) is 3. The van der Waals surface area contributed by atoms with Crippen LogP contribution in [0.15, 0.2) is 22.7 Å². The van der Waals surface area contributed by atoms with Crippen molar-refractivity contribution in [2.45, 2.75) is 31.6 Å². The lowest BCUT2D eigenvalue weighted by molar-refractivity contribution is -0.137. The number of ether oxygens (including phenoxy) is 1. The topological polar surface area (TPSA) is 33.3 Å². The third-order valence-corrected chi connectivity index (χ3v) is 4.02. The molecule has 2 atom stereocenters. The van der Waals surface area contributed by atoms with Crippen molar-refractivity contribution in [3.63, 3.8) is 0 Å². The lowest BCUT2D eigenvalue weighted by Gasteiger charge is -2.27. The van der Waals surface area contributed by atoms with Gasteiger partial charge >= 0.3 is 6.18 Å². The van der Waals surface area contributed by atoms with Gasteiger partial charge in [0.25, 0.3) is 0 Å². The maximum Gasteiger partial charge on any atom is 0.416 e. The van der Waals surface area contributed by atoms with E-state index in [-0.39, 0.29) is 12.1 Å². The Morgan fingerprint density at radius 1 is 1.48 bits per heavy atom. The van der Waals surface area contributed by atoms with Crippen LogP contribution in [-0.2, 0) is 10.9 Å². The summed E-state index contributed by atoms with van der Waals surface area (Å²) in [5.74, 6) is 0. The van der Waals surface area contributed by atoms with Crippen LogP contribution < -0.4 is 10.6 Å². The molecular weight excluding hydrogens is 349 g/mol. The maximum atomic E-state index is 12.7. The average Bonchev–Trinajstić information content (AvgIpc) is 2.41. The summed E-state index contributed by atoms with van der Waals surface area (Å²) in [6.07, 6.45) is -3.55. The molecule has 1 aromatic rings. The zero-order valence-electron chi connectivity index (χ0n) is 11.6. The molecule has 1 heterocycles. The number of hydrogen-bond donors (Lipinski definition) is 2. The number of morpholine rings is 1. The summed E-state index contributed by atoms with van der Waals surface area (Å²) < 4.78 is 44.2. The van der Waals surface area contributed by atoms with Crippen LogP contribution in [0.1, 0.15) is 18.9 Å². The van der Waals surface area contributed by atoms with E-state index in [2.05, 4.69) is 26.6 Å². The second kappa shape index (κ2) is 6.98. The second-order valence-electron chi connectivity index (χ2n) is 5.20. The fourth-order valence-electron chi connectivity index (χ4n) is 2.33. The molecule has 0 spiro atoms. The Labute approximate surface area is 130 Å². The normalized spacial score (nSPS) is 21.1. The molecule has 1 saturated heterocycles. The molecule has 2 rings (SSSR count). The Hall–Kier alpha value is -0.790. The largest absolute Gasteiger partial charge is 0.416 e. The van der Waals surface area contributed by atoms with E-state index in [1.54, 1.807) is 0 Å². The number of alkyl halides is 3. The van der Waals surface area contributed by atoms with E-state index in [0.717, 1.165) is 25.1 Å². The predicted molar refractivity (Wildman–Crippen MR) is 79.5 cm³/mol. The van der Waals surface area contributed by atoms with E-state index in [1.807, 2.05) is 6.92 Å². The van der Waals surface area contributed by atoms with Gasteiger partial charge in [-0.05, 0) is 47.5 Å². The van der Waals surface area contributed by atoms with Crippen LogP contribution in [0.25, 0.3) is 0 Å². The van der Waals surface area contributed by atoms with Crippen LogP contribution in [0.3, 0.4) is 0 Å². The van der Waals surface area contributed by atoms with Crippen molar-refractivity contribution < 1.29 is 17.9 Å². The number of benzene rings is 1. The zero-order valence-corrected chi connectivity index (χ0v) is 13.2. The minimum atomic E-state index is -4.33. The quantitative estimate of drug-likeness (QED) is 0.853. The molecule has 0 bridgehead atoms. The van der Waals surface area contributed by atoms with Gasteiger partial charge in [-0.1, -0.05) is 0 Å². The summed E-state index contributed by atoms with van der Waals surface area (Å²) in [6.45, 7) is 4.10. The molecule has 3 nitrogen and oxygen atoms in total. The summed E-state index contributed by atoms with van der Waals surface area (Å²) in [5.41, 5.74) is -0.200. The van der Waals surface area contributed by atoms with Gasteiger partial charge in [0.15, 0.2) is 0 Å². The Bertz CT molecular complexity index is 476. The lowest BCUT2D eigenvalue weighted by Crippen LogP contribution is -2.43. The molecule has 1 aromatic carbocycles. The minimum absolute atomic E-state index is 0.0315. The predicted octanol–water partition coefficient (Wildman–Crippen LogP) is 3.65. The molecule has 118 valence electrons. The van der Waals surface area contributed by atoms with E-state index in [9.17, 15) is 13.2 Å². The molecule has 2 N–H and O–H groups in total. The summed E-state index contributed by atoms with van der Waals surface area (Å²) in [7, 11) is 0. The van der Waals surface area contributed by atoms with Crippen molar-refractivity contribution in [2.75, 3.05) is 25.1 Å². The Morgan fingerprint density at radius 2 is 2.24 bits per heavy atom. The van der Waals surface area contributed by atoms with Crippen LogP contribution in [-0.4, -0.2) is 31.8 Å². The monoisotopic (exact) mass is 366 g/mol. The number of halogens is 4. The van der Waals surface area contributed by atoms with Crippen molar-refractivity contribution in [1.29, 1.82) is 0 Å². The molecular formula is C14H18BrF3N2O. The van der Waals surface area contributed by atoms with E-state index < -0.39 is 11.7 Å². The van der Waals surface area contributed by atoms with E-state index in [0.29, 0.717) is 23.4 Å². The Balaban J connectivity index is 2.00. The lowest BCUT2D eigenvalue weighted by atomic mass is 10.1. The van der Waals surface area contributed by atoms with Crippen LogP contribution in [0, 0.1) is 0 Å². The van der Waals surface area contributed by atoms with Crippen LogP contribution in [0.4, 0.5) is 18.9 Å². The molecule has 7 heteroatoms. The first-order chi connectivity index (χ1) is 9.86. The molecule has 0 aromatic heterocycles. The van der Waals surface area contributed by atoms with Gasteiger partial charge in [-0.2, -0.15) is 13.2 Å². The van der Waals surface area contributed by atoms with Crippen LogP contribution in [0.5, 0.6) is 0 Å². The Kier molecular flexibility index (Phi) is 5.51. The molecule has 0 aliphatic carbocycles. The highest BCUT2D eigenvalue weighted by Crippen LogP contribution is 2.34. The molecule has 1 fully saturated rings. The third-order valence-electron chi connectivity index (χ3n) is 3.33. The van der Waals surface area contributed by atoms with E-state index in [4.69, 9.17) is 4.74 Å². The highest BCUT2D eigenvalue weighted by atomic mass is 79.9. The first kappa shape index (κ1) is 16.6. The van der Waals surface area contributed by atoms with Crippen LogP contribution in [0.2, 0.25) is 0 Å². The molecule has 2 unspecified atom stereocenters. The van der Waals surface area contributed by atoms with Crippen LogP contribution >= 0.6 is 15.9 Å². The third kappa shape index (κ3) is 4.86. The van der Waals surface area contributed by atoms with Gasteiger partial charge in [0.05, 0.1) is 18.8 Å². The van der Waals surface area contributed by atoms with Crippen molar-refractivity contribution in [3.05, 3.63) is 28.2 Å². The SMILES string of the molecule is CC(CC1COCCN1)Nc1cc(C(F)(F)F)ccc1Br. The highest BCUT2D eigenvalue weighted by molar-refractivity contribution is 9.10. The van der Waals surface area contributed by atoms with Gasteiger partial charge in [-0.25, -0.2) is 0 Å². The molecule has 21 heavy (non-hydrogen) atoms. The van der Waals surface area contributed by atoms with Gasteiger partial charge in [0.2, 0.25) is 0 Å². The smallest absolute Gasteiger partial charge is 0.382 e. The molecule has 0 saturated carbocycles. The second-order valence-corrected chi connectivity index (χ2v) is 6.05. The number of nitrogens with one attached hydrogen (secondary N) is 2. The molecule has 0 radical (unpaired) electrons. The molecule has 1 aliphatic heterocycles. The summed E-state index contributed by atoms with van der Waals surface area (Å²) in [5, 5.41) is 6.46. The average molecular weight is 367 g/mol. The van der Waals surface area contributed by atoms with E-state index >= 15 is 0 Å². The van der Waals surface area contributed by atoms with Crippen molar-refractivity contribution in [1.82, 2.24) is 5.32 Å². The number of rotatable bonds is 4. The Morgan fingerprint density at radius 3 is 2.86 bits per heavy atom. The summed E-state index contributed by atoms with van der Waals surface area (Å²) in [6, 6.07) is 3.87. The fourth-order valence-corrected chi connectivity index (χ4v) is 2.70. The van der Waals surface area contributed by atoms with Gasteiger partial charge in [-0.3, -0.25) is 0 Å². The minimum Gasteiger partial charge on any atom is -0.382 e. The van der Waals surface area contributed by atoms with Crippen molar-refractivity contribution in [2.24, 2.45) is 0 Å². The highest BCUT2D eigenvalue weighted by Gasteiger charge is 2.31. The van der Waals surface area contributed by atoms with Crippen molar-refractivity contribution >= 4 is 21.6 Å². The van der Waals surface area contributed by atoms with Gasteiger partial charge in [-0.15, -0.1) is 0 Å². The maximum absolute atomic E-state index is 12.7. The summed E-state index contributed by atoms with van der Waals surface area (Å²) >= 11 is 3.28. The standard InChI is InChI=1S/C14H18BrF3N2O/c1-9(6-11-8-21-5-4-19-11)20-13-7-10(14(16,17)18)2-3-12(13)15/h2-3,7,9,11,19-20H,4-6,8H2,1H3. The van der Waals surface area contributed by atoms with Gasteiger partial charge in [0.1, 0.15) is 0 Å². The van der Waals surface area contributed by atoms with Gasteiger partial charge in [0, 0.05) is 28.8 Å². The molecule has 0 amide bonds. The van der Waals surface area contributed by atoms with Gasteiger partial charge < -0.3 is 15.4 Å². The number of anilines is 1. The molecule has 1 aliphatic rings.